The van der Waals surface area contributed by atoms with Gasteiger partial charge in [-0.3, -0.25) is 10.2 Å². The van der Waals surface area contributed by atoms with Gasteiger partial charge in [0.2, 0.25) is 0 Å². The van der Waals surface area contributed by atoms with E-state index in [9.17, 15) is 4.79 Å². The number of hydrogen-bond donors (Lipinski definition) is 2. The smallest absolute Gasteiger partial charge is 0.274 e. The van der Waals surface area contributed by atoms with E-state index in [0.29, 0.717) is 22.2 Å². The molecule has 1 aromatic rings. The van der Waals surface area contributed by atoms with Crippen LogP contribution < -0.4 is 16.0 Å². The van der Waals surface area contributed by atoms with Crippen molar-refractivity contribution in [2.75, 3.05) is 0 Å². The Labute approximate surface area is 129 Å². The molecule has 1 amide bonds. The summed E-state index contributed by atoms with van der Waals surface area (Å²) in [5.41, 5.74) is 3.72. The van der Waals surface area contributed by atoms with Crippen molar-refractivity contribution < 1.29 is 9.53 Å². The Bertz CT molecular complexity index is 493. The number of nitrogens with two attached hydrogens (primary N) is 1. The standard InChI is InChI=1S/C14H20Cl2N2O2/c1-4-5-6-10(14(19)18-17)20-11-7-8(2)12(15)9(3)13(11)16/h7,10H,4-6,17H2,1-3H3,(H,18,19). The van der Waals surface area contributed by atoms with E-state index >= 15 is 0 Å². The molecule has 1 unspecified atom stereocenters. The van der Waals surface area contributed by atoms with Gasteiger partial charge in [0.15, 0.2) is 6.10 Å². The van der Waals surface area contributed by atoms with Crippen LogP contribution in [0.2, 0.25) is 10.0 Å². The first-order valence-corrected chi connectivity index (χ1v) is 7.30. The molecule has 0 heterocycles. The fourth-order valence-corrected chi connectivity index (χ4v) is 2.26. The van der Waals surface area contributed by atoms with Crippen LogP contribution in [0.1, 0.15) is 37.3 Å². The van der Waals surface area contributed by atoms with Crippen LogP contribution in [0.5, 0.6) is 5.75 Å². The summed E-state index contributed by atoms with van der Waals surface area (Å²) in [6.07, 6.45) is 1.75. The van der Waals surface area contributed by atoms with E-state index in [-0.39, 0.29) is 5.91 Å². The van der Waals surface area contributed by atoms with Gasteiger partial charge in [0.25, 0.3) is 5.91 Å². The Balaban J connectivity index is 3.02. The third-order valence-corrected chi connectivity index (χ3v) is 4.14. The van der Waals surface area contributed by atoms with E-state index in [4.69, 9.17) is 33.8 Å². The van der Waals surface area contributed by atoms with E-state index in [1.165, 1.54) is 0 Å². The predicted octanol–water partition coefficient (Wildman–Crippen LogP) is 3.54. The second kappa shape index (κ2) is 7.72. The lowest BCUT2D eigenvalue weighted by atomic mass is 10.1. The van der Waals surface area contributed by atoms with Crippen molar-refractivity contribution in [1.82, 2.24) is 5.43 Å². The molecule has 4 nitrogen and oxygen atoms in total. The number of unbranched alkanes of at least 4 members (excludes halogenated alkanes) is 1. The largest absolute Gasteiger partial charge is 0.479 e. The van der Waals surface area contributed by atoms with Crippen LogP contribution in [0.25, 0.3) is 0 Å². The molecule has 1 rings (SSSR count). The number of aryl methyl sites for hydroxylation is 1. The molecular weight excluding hydrogens is 299 g/mol. The average molecular weight is 319 g/mol. The molecule has 0 aromatic heterocycles. The summed E-state index contributed by atoms with van der Waals surface area (Å²) >= 11 is 12.3. The summed E-state index contributed by atoms with van der Waals surface area (Å²) in [4.78, 5) is 11.7. The first-order chi connectivity index (χ1) is 9.42. The molecule has 0 saturated heterocycles. The number of hydrazine groups is 1. The number of ether oxygens (including phenoxy) is 1. The molecule has 0 spiro atoms. The molecule has 0 aliphatic heterocycles. The van der Waals surface area contributed by atoms with Gasteiger partial charge < -0.3 is 4.74 Å². The molecule has 0 radical (unpaired) electrons. The first-order valence-electron chi connectivity index (χ1n) is 6.54. The number of amides is 1. The molecule has 0 aliphatic carbocycles. The van der Waals surface area contributed by atoms with Gasteiger partial charge in [0.1, 0.15) is 5.75 Å². The highest BCUT2D eigenvalue weighted by molar-refractivity contribution is 6.37. The molecule has 6 heteroatoms. The van der Waals surface area contributed by atoms with Gasteiger partial charge in [0.05, 0.1) is 5.02 Å². The van der Waals surface area contributed by atoms with Gasteiger partial charge in [-0.25, -0.2) is 5.84 Å². The van der Waals surface area contributed by atoms with Crippen LogP contribution in [-0.2, 0) is 4.79 Å². The van der Waals surface area contributed by atoms with Gasteiger partial charge in [-0.15, -0.1) is 0 Å². The number of nitrogens with one attached hydrogen (secondary N) is 1. The average Bonchev–Trinajstić information content (AvgIpc) is 2.45. The number of carbonyl (C=O) groups is 1. The maximum absolute atomic E-state index is 11.7. The molecule has 1 aromatic carbocycles. The number of halogens is 2. The van der Waals surface area contributed by atoms with Gasteiger partial charge in [0, 0.05) is 5.02 Å². The highest BCUT2D eigenvalue weighted by atomic mass is 35.5. The topological polar surface area (TPSA) is 64.3 Å². The van der Waals surface area contributed by atoms with Gasteiger partial charge in [-0.2, -0.15) is 0 Å². The van der Waals surface area contributed by atoms with Crippen molar-refractivity contribution in [3.05, 3.63) is 27.2 Å². The van der Waals surface area contributed by atoms with E-state index < -0.39 is 6.10 Å². The van der Waals surface area contributed by atoms with Crippen LogP contribution in [0.4, 0.5) is 0 Å². The summed E-state index contributed by atoms with van der Waals surface area (Å²) in [6, 6.07) is 1.74. The maximum Gasteiger partial charge on any atom is 0.274 e. The maximum atomic E-state index is 11.7. The van der Waals surface area contributed by atoms with Crippen molar-refractivity contribution in [3.63, 3.8) is 0 Å². The third kappa shape index (κ3) is 4.01. The minimum absolute atomic E-state index is 0.361. The van der Waals surface area contributed by atoms with E-state index in [1.54, 1.807) is 6.07 Å². The van der Waals surface area contributed by atoms with E-state index in [1.807, 2.05) is 20.8 Å². The third-order valence-electron chi connectivity index (χ3n) is 3.09. The summed E-state index contributed by atoms with van der Waals surface area (Å²) in [7, 11) is 0. The summed E-state index contributed by atoms with van der Waals surface area (Å²) in [5, 5.41) is 1.03. The fraction of sp³-hybridized carbons (Fsp3) is 0.500. The molecule has 1 atom stereocenters. The Morgan fingerprint density at radius 1 is 1.40 bits per heavy atom. The highest BCUT2D eigenvalue weighted by Gasteiger charge is 2.21. The Kier molecular flexibility index (Phi) is 6.59. The quantitative estimate of drug-likeness (QED) is 0.479. The second-order valence-electron chi connectivity index (χ2n) is 4.70. The normalized spacial score (nSPS) is 12.1. The highest BCUT2D eigenvalue weighted by Crippen LogP contribution is 2.36. The van der Waals surface area contributed by atoms with Crippen molar-refractivity contribution >= 4 is 29.1 Å². The van der Waals surface area contributed by atoms with Crippen molar-refractivity contribution in [3.8, 4) is 5.75 Å². The first kappa shape index (κ1) is 17.1. The Hall–Kier alpha value is -0.970. The number of carbonyl (C=O) groups excluding carboxylic acids is 1. The molecular formula is C14H20Cl2N2O2. The molecule has 0 bridgehead atoms. The monoisotopic (exact) mass is 318 g/mol. The van der Waals surface area contributed by atoms with Crippen LogP contribution in [0.15, 0.2) is 6.07 Å². The molecule has 112 valence electrons. The summed E-state index contributed by atoms with van der Waals surface area (Å²) in [6.45, 7) is 5.72. The zero-order valence-corrected chi connectivity index (χ0v) is 13.4. The fourth-order valence-electron chi connectivity index (χ4n) is 1.87. The van der Waals surface area contributed by atoms with Crippen LogP contribution in [-0.4, -0.2) is 12.0 Å². The summed E-state index contributed by atoms with van der Waals surface area (Å²) < 4.78 is 5.73. The summed E-state index contributed by atoms with van der Waals surface area (Å²) in [5.74, 6) is 5.28. The van der Waals surface area contributed by atoms with Crippen molar-refractivity contribution in [2.24, 2.45) is 5.84 Å². The molecule has 0 fully saturated rings. The molecule has 0 aliphatic rings. The van der Waals surface area contributed by atoms with Crippen LogP contribution in [0, 0.1) is 13.8 Å². The lowest BCUT2D eigenvalue weighted by Crippen LogP contribution is -2.42. The van der Waals surface area contributed by atoms with Crippen molar-refractivity contribution in [1.29, 1.82) is 0 Å². The number of hydrogen-bond acceptors (Lipinski definition) is 3. The molecule has 20 heavy (non-hydrogen) atoms. The van der Waals surface area contributed by atoms with Gasteiger partial charge in [-0.05, 0) is 43.9 Å². The molecule has 3 N–H and O–H groups in total. The molecule has 0 saturated carbocycles. The second-order valence-corrected chi connectivity index (χ2v) is 5.46. The lowest BCUT2D eigenvalue weighted by molar-refractivity contribution is -0.128. The number of rotatable bonds is 6. The van der Waals surface area contributed by atoms with E-state index in [0.717, 1.165) is 24.0 Å². The van der Waals surface area contributed by atoms with E-state index in [2.05, 4.69) is 5.43 Å². The minimum atomic E-state index is -0.655. The zero-order valence-electron chi connectivity index (χ0n) is 11.9. The van der Waals surface area contributed by atoms with Crippen molar-refractivity contribution in [2.45, 2.75) is 46.1 Å². The van der Waals surface area contributed by atoms with Crippen LogP contribution >= 0.6 is 23.2 Å². The van der Waals surface area contributed by atoms with Gasteiger partial charge >= 0.3 is 0 Å². The minimum Gasteiger partial charge on any atom is -0.479 e. The lowest BCUT2D eigenvalue weighted by Gasteiger charge is -2.20. The Morgan fingerprint density at radius 2 is 2.05 bits per heavy atom. The van der Waals surface area contributed by atoms with Crippen LogP contribution in [0.3, 0.4) is 0 Å². The Morgan fingerprint density at radius 3 is 2.60 bits per heavy atom. The zero-order chi connectivity index (χ0) is 15.3. The predicted molar refractivity (Wildman–Crippen MR) is 82.2 cm³/mol. The SMILES string of the molecule is CCCCC(Oc1cc(C)c(Cl)c(C)c1Cl)C(=O)NN. The number of benzene rings is 1. The van der Waals surface area contributed by atoms with Gasteiger partial charge in [-0.1, -0.05) is 36.5 Å².